The van der Waals surface area contributed by atoms with Crippen molar-refractivity contribution in [2.24, 2.45) is 5.92 Å². The maximum Gasteiger partial charge on any atom is 0.229 e. The molecule has 1 fully saturated rings. The smallest absolute Gasteiger partial charge is 0.229 e. The Morgan fingerprint density at radius 2 is 1.77 bits per heavy atom. The van der Waals surface area contributed by atoms with E-state index in [-0.39, 0.29) is 18.2 Å². The van der Waals surface area contributed by atoms with Crippen molar-refractivity contribution in [3.8, 4) is 10.6 Å². The first-order valence-corrected chi connectivity index (χ1v) is 11.0. The number of nitrogens with zero attached hydrogens (tertiary/aromatic N) is 2. The molecular formula is C25H21N3O2S. The van der Waals surface area contributed by atoms with E-state index in [1.807, 2.05) is 79.7 Å². The van der Waals surface area contributed by atoms with Crippen molar-refractivity contribution in [1.29, 1.82) is 0 Å². The molecule has 0 radical (unpaired) electrons. The highest BCUT2D eigenvalue weighted by molar-refractivity contribution is 7.21. The van der Waals surface area contributed by atoms with Crippen LogP contribution in [0.4, 0.5) is 11.4 Å². The summed E-state index contributed by atoms with van der Waals surface area (Å²) < 4.78 is 1.11. The molecule has 1 atom stereocenters. The van der Waals surface area contributed by atoms with E-state index < -0.39 is 5.92 Å². The second kappa shape index (κ2) is 7.96. The van der Waals surface area contributed by atoms with Gasteiger partial charge < -0.3 is 10.2 Å². The molecule has 5 nitrogen and oxygen atoms in total. The van der Waals surface area contributed by atoms with Crippen molar-refractivity contribution in [2.45, 2.75) is 13.3 Å². The lowest BCUT2D eigenvalue weighted by atomic mass is 10.1. The average Bonchev–Trinajstić information content (AvgIpc) is 3.38. The third-order valence-electron chi connectivity index (χ3n) is 5.55. The van der Waals surface area contributed by atoms with Crippen molar-refractivity contribution in [3.05, 3.63) is 78.4 Å². The number of aryl methyl sites for hydroxylation is 1. The zero-order valence-electron chi connectivity index (χ0n) is 17.0. The zero-order valence-corrected chi connectivity index (χ0v) is 17.9. The third kappa shape index (κ3) is 3.82. The van der Waals surface area contributed by atoms with Crippen LogP contribution in [0.1, 0.15) is 12.0 Å². The summed E-state index contributed by atoms with van der Waals surface area (Å²) in [5.41, 5.74) is 4.51. The number of aromatic nitrogens is 1. The van der Waals surface area contributed by atoms with Gasteiger partial charge >= 0.3 is 0 Å². The summed E-state index contributed by atoms with van der Waals surface area (Å²) in [6.07, 6.45) is 0.211. The van der Waals surface area contributed by atoms with E-state index in [4.69, 9.17) is 4.98 Å². The van der Waals surface area contributed by atoms with E-state index in [9.17, 15) is 9.59 Å². The van der Waals surface area contributed by atoms with Crippen molar-refractivity contribution in [2.75, 3.05) is 16.8 Å². The van der Waals surface area contributed by atoms with Gasteiger partial charge in [-0.05, 0) is 43.3 Å². The average molecular weight is 428 g/mol. The summed E-state index contributed by atoms with van der Waals surface area (Å²) in [4.78, 5) is 32.0. The number of hydrogen-bond acceptors (Lipinski definition) is 4. The number of fused-ring (bicyclic) bond motifs is 1. The minimum atomic E-state index is -0.391. The summed E-state index contributed by atoms with van der Waals surface area (Å²) in [6.45, 7) is 2.39. The lowest BCUT2D eigenvalue weighted by Crippen LogP contribution is -2.28. The number of carbonyl (C=O) groups excluding carboxylic acids is 2. The predicted octanol–water partition coefficient (Wildman–Crippen LogP) is 5.26. The van der Waals surface area contributed by atoms with Gasteiger partial charge in [-0.2, -0.15) is 0 Å². The molecule has 1 unspecified atom stereocenters. The molecule has 0 saturated carbocycles. The first kappa shape index (κ1) is 19.5. The van der Waals surface area contributed by atoms with E-state index >= 15 is 0 Å². The van der Waals surface area contributed by atoms with Gasteiger partial charge in [-0.3, -0.25) is 9.59 Å². The molecule has 1 aliphatic rings. The van der Waals surface area contributed by atoms with Crippen LogP contribution in [0.2, 0.25) is 0 Å². The SMILES string of the molecule is Cc1ccc(N2CC(C(=O)Nc3ccccc3-c3nc4ccccc4s3)CC2=O)cc1. The summed E-state index contributed by atoms with van der Waals surface area (Å²) >= 11 is 1.60. The van der Waals surface area contributed by atoms with E-state index in [1.54, 1.807) is 16.2 Å². The van der Waals surface area contributed by atoms with Crippen LogP contribution in [-0.2, 0) is 9.59 Å². The number of carbonyl (C=O) groups is 2. The number of benzene rings is 3. The van der Waals surface area contributed by atoms with Crippen LogP contribution >= 0.6 is 11.3 Å². The van der Waals surface area contributed by atoms with Crippen LogP contribution in [0.25, 0.3) is 20.8 Å². The van der Waals surface area contributed by atoms with Crippen molar-refractivity contribution in [3.63, 3.8) is 0 Å². The van der Waals surface area contributed by atoms with Gasteiger partial charge in [0.25, 0.3) is 0 Å². The zero-order chi connectivity index (χ0) is 21.4. The molecule has 31 heavy (non-hydrogen) atoms. The molecule has 5 rings (SSSR count). The maximum atomic E-state index is 13.0. The van der Waals surface area contributed by atoms with Gasteiger partial charge in [-0.15, -0.1) is 11.3 Å². The minimum absolute atomic E-state index is 0.0246. The largest absolute Gasteiger partial charge is 0.325 e. The molecule has 6 heteroatoms. The highest BCUT2D eigenvalue weighted by atomic mass is 32.1. The number of para-hydroxylation sites is 2. The molecule has 0 aliphatic carbocycles. The van der Waals surface area contributed by atoms with Crippen molar-refractivity contribution in [1.82, 2.24) is 4.98 Å². The molecule has 1 N–H and O–H groups in total. The monoisotopic (exact) mass is 427 g/mol. The van der Waals surface area contributed by atoms with E-state index in [2.05, 4.69) is 5.32 Å². The highest BCUT2D eigenvalue weighted by Gasteiger charge is 2.35. The standard InChI is InChI=1S/C25H21N3O2S/c1-16-10-12-18(13-11-16)28-15-17(14-23(28)29)24(30)26-20-7-3-2-6-19(20)25-27-21-8-4-5-9-22(21)31-25/h2-13,17H,14-15H2,1H3,(H,26,30). The highest BCUT2D eigenvalue weighted by Crippen LogP contribution is 2.35. The van der Waals surface area contributed by atoms with Crippen LogP contribution in [0, 0.1) is 12.8 Å². The molecule has 1 aliphatic heterocycles. The van der Waals surface area contributed by atoms with Gasteiger partial charge in [0.05, 0.1) is 21.8 Å². The van der Waals surface area contributed by atoms with Gasteiger partial charge in [-0.1, -0.05) is 42.0 Å². The Balaban J connectivity index is 1.36. The second-order valence-electron chi connectivity index (χ2n) is 7.76. The van der Waals surface area contributed by atoms with Crippen LogP contribution in [0.15, 0.2) is 72.8 Å². The van der Waals surface area contributed by atoms with Gasteiger partial charge in [0.2, 0.25) is 11.8 Å². The fourth-order valence-electron chi connectivity index (χ4n) is 3.86. The quantitative estimate of drug-likeness (QED) is 0.483. The molecule has 154 valence electrons. The first-order chi connectivity index (χ1) is 15.1. The molecule has 2 amide bonds. The molecule has 0 spiro atoms. The topological polar surface area (TPSA) is 62.3 Å². The van der Waals surface area contributed by atoms with E-state index in [0.717, 1.165) is 32.0 Å². The Kier molecular flexibility index (Phi) is 5.00. The van der Waals surface area contributed by atoms with Crippen LogP contribution in [-0.4, -0.2) is 23.3 Å². The van der Waals surface area contributed by atoms with Crippen LogP contribution in [0.3, 0.4) is 0 Å². The van der Waals surface area contributed by atoms with E-state index in [1.165, 1.54) is 0 Å². The predicted molar refractivity (Wildman–Crippen MR) is 125 cm³/mol. The number of hydrogen-bond donors (Lipinski definition) is 1. The Hall–Kier alpha value is -3.51. The third-order valence-corrected chi connectivity index (χ3v) is 6.62. The summed E-state index contributed by atoms with van der Waals surface area (Å²) in [5.74, 6) is -0.558. The molecule has 3 aromatic carbocycles. The van der Waals surface area contributed by atoms with Gasteiger partial charge in [-0.25, -0.2) is 4.98 Å². The minimum Gasteiger partial charge on any atom is -0.325 e. The Morgan fingerprint density at radius 1 is 1.03 bits per heavy atom. The number of amides is 2. The van der Waals surface area contributed by atoms with E-state index in [0.29, 0.717) is 12.2 Å². The lowest BCUT2D eigenvalue weighted by Gasteiger charge is -2.17. The molecule has 1 aromatic heterocycles. The van der Waals surface area contributed by atoms with Crippen molar-refractivity contribution >= 4 is 44.7 Å². The molecule has 4 aromatic rings. The van der Waals surface area contributed by atoms with Gasteiger partial charge in [0.15, 0.2) is 0 Å². The summed E-state index contributed by atoms with van der Waals surface area (Å²) in [6, 6.07) is 23.5. The Morgan fingerprint density at radius 3 is 2.58 bits per heavy atom. The Labute approximate surface area is 184 Å². The van der Waals surface area contributed by atoms with Gasteiger partial charge in [0.1, 0.15) is 5.01 Å². The fourth-order valence-corrected chi connectivity index (χ4v) is 4.86. The molecule has 2 heterocycles. The number of nitrogens with one attached hydrogen (secondary N) is 1. The molecule has 1 saturated heterocycles. The fraction of sp³-hybridized carbons (Fsp3) is 0.160. The molecule has 0 bridgehead atoms. The van der Waals surface area contributed by atoms with Crippen LogP contribution < -0.4 is 10.2 Å². The van der Waals surface area contributed by atoms with Crippen LogP contribution in [0.5, 0.6) is 0 Å². The lowest BCUT2D eigenvalue weighted by molar-refractivity contribution is -0.122. The van der Waals surface area contributed by atoms with Gasteiger partial charge in [0, 0.05) is 24.2 Å². The summed E-state index contributed by atoms with van der Waals surface area (Å²) in [7, 11) is 0. The Bertz CT molecular complexity index is 1250. The number of thiazole rings is 1. The van der Waals surface area contributed by atoms with Crippen molar-refractivity contribution < 1.29 is 9.59 Å². The normalized spacial score (nSPS) is 16.1. The number of anilines is 2. The summed E-state index contributed by atoms with van der Waals surface area (Å²) in [5, 5.41) is 3.91. The second-order valence-corrected chi connectivity index (χ2v) is 8.79. The maximum absolute atomic E-state index is 13.0. The molecular weight excluding hydrogens is 406 g/mol. The number of rotatable bonds is 4. The first-order valence-electron chi connectivity index (χ1n) is 10.2.